The lowest BCUT2D eigenvalue weighted by atomic mass is 10.0. The molecule has 174 valence electrons. The first-order valence-electron chi connectivity index (χ1n) is 10.6. The minimum atomic E-state index is -0.162. The molecule has 1 aliphatic heterocycles. The SMILES string of the molecule is CCCc1cc(CC(NC)N2C=Cc3cc(OC)c(OC)cc3CC2=O)ccc1OC.Cl. The molecule has 2 aromatic rings. The lowest BCUT2D eigenvalue weighted by Gasteiger charge is -2.28. The Kier molecular flexibility index (Phi) is 9.42. The molecule has 0 radical (unpaired) electrons. The number of hydrogen-bond acceptors (Lipinski definition) is 5. The van der Waals surface area contributed by atoms with Crippen LogP contribution in [0.25, 0.3) is 6.08 Å². The molecule has 1 atom stereocenters. The van der Waals surface area contributed by atoms with Crippen LogP contribution in [-0.2, 0) is 24.1 Å². The topological polar surface area (TPSA) is 60.0 Å². The molecular weight excluding hydrogens is 428 g/mol. The van der Waals surface area contributed by atoms with E-state index in [2.05, 4.69) is 24.4 Å². The van der Waals surface area contributed by atoms with E-state index >= 15 is 0 Å². The third-order valence-corrected chi connectivity index (χ3v) is 5.65. The van der Waals surface area contributed by atoms with Crippen molar-refractivity contribution in [2.45, 2.75) is 38.8 Å². The van der Waals surface area contributed by atoms with E-state index in [0.29, 0.717) is 24.3 Å². The zero-order chi connectivity index (χ0) is 22.4. The maximum absolute atomic E-state index is 13.1. The van der Waals surface area contributed by atoms with Gasteiger partial charge in [-0.3, -0.25) is 10.1 Å². The second kappa shape index (κ2) is 11.8. The molecule has 0 aliphatic carbocycles. The largest absolute Gasteiger partial charge is 0.496 e. The monoisotopic (exact) mass is 460 g/mol. The molecule has 32 heavy (non-hydrogen) atoms. The van der Waals surface area contributed by atoms with Crippen molar-refractivity contribution in [1.29, 1.82) is 0 Å². The molecule has 0 fully saturated rings. The van der Waals surface area contributed by atoms with E-state index in [1.807, 2.05) is 37.5 Å². The lowest BCUT2D eigenvalue weighted by Crippen LogP contribution is -2.46. The number of likely N-dealkylation sites (N-methyl/N-ethyl adjacent to an activating group) is 1. The summed E-state index contributed by atoms with van der Waals surface area (Å²) in [6, 6.07) is 10.1. The van der Waals surface area contributed by atoms with Crippen molar-refractivity contribution < 1.29 is 19.0 Å². The normalized spacial score (nSPS) is 13.7. The van der Waals surface area contributed by atoms with Crippen LogP contribution in [0.4, 0.5) is 0 Å². The molecule has 1 heterocycles. The summed E-state index contributed by atoms with van der Waals surface area (Å²) < 4.78 is 16.3. The van der Waals surface area contributed by atoms with Crippen molar-refractivity contribution in [2.24, 2.45) is 0 Å². The molecule has 1 unspecified atom stereocenters. The maximum atomic E-state index is 13.1. The van der Waals surface area contributed by atoms with E-state index in [1.54, 1.807) is 26.2 Å². The first kappa shape index (κ1) is 25.6. The van der Waals surface area contributed by atoms with E-state index < -0.39 is 0 Å². The number of aryl methyl sites for hydroxylation is 1. The first-order valence-corrected chi connectivity index (χ1v) is 10.6. The number of rotatable bonds is 9. The molecule has 6 nitrogen and oxygen atoms in total. The van der Waals surface area contributed by atoms with Crippen LogP contribution < -0.4 is 19.5 Å². The highest BCUT2D eigenvalue weighted by atomic mass is 35.5. The molecule has 3 rings (SSSR count). The Labute approximate surface area is 197 Å². The Morgan fingerprint density at radius 3 is 2.34 bits per heavy atom. The highest BCUT2D eigenvalue weighted by molar-refractivity contribution is 5.85. The third kappa shape index (κ3) is 5.56. The highest BCUT2D eigenvalue weighted by Gasteiger charge is 2.25. The Balaban J connectivity index is 0.00000363. The van der Waals surface area contributed by atoms with Gasteiger partial charge in [-0.05, 0) is 60.0 Å². The number of amides is 1. The second-order valence-electron chi connectivity index (χ2n) is 7.60. The van der Waals surface area contributed by atoms with Crippen LogP contribution in [0.5, 0.6) is 17.2 Å². The van der Waals surface area contributed by atoms with E-state index in [4.69, 9.17) is 14.2 Å². The van der Waals surface area contributed by atoms with Gasteiger partial charge in [0.25, 0.3) is 0 Å². The number of fused-ring (bicyclic) bond motifs is 1. The predicted molar refractivity (Wildman–Crippen MR) is 130 cm³/mol. The first-order chi connectivity index (χ1) is 15.0. The number of ether oxygens (including phenoxy) is 3. The van der Waals surface area contributed by atoms with Crippen molar-refractivity contribution in [3.05, 3.63) is 58.8 Å². The van der Waals surface area contributed by atoms with Crippen molar-refractivity contribution in [3.8, 4) is 17.2 Å². The van der Waals surface area contributed by atoms with Gasteiger partial charge in [-0.1, -0.05) is 25.5 Å². The van der Waals surface area contributed by atoms with Crippen LogP contribution in [-0.4, -0.2) is 45.3 Å². The standard InChI is InChI=1S/C25H32N2O4.ClH/c1-6-7-19-12-17(8-9-21(19)29-3)13-24(26-2)27-11-10-18-14-22(30-4)23(31-5)15-20(18)16-25(27)28;/h8-12,14-15,24,26H,6-7,13,16H2,1-5H3;1H. The van der Waals surface area contributed by atoms with E-state index in [-0.39, 0.29) is 24.5 Å². The molecule has 0 saturated carbocycles. The van der Waals surface area contributed by atoms with Gasteiger partial charge in [-0.25, -0.2) is 0 Å². The summed E-state index contributed by atoms with van der Waals surface area (Å²) in [4.78, 5) is 14.9. The fourth-order valence-electron chi connectivity index (χ4n) is 4.01. The van der Waals surface area contributed by atoms with Gasteiger partial charge in [0, 0.05) is 12.6 Å². The number of nitrogens with zero attached hydrogens (tertiary/aromatic N) is 1. The number of hydrogen-bond donors (Lipinski definition) is 1. The third-order valence-electron chi connectivity index (χ3n) is 5.65. The Morgan fingerprint density at radius 1 is 1.03 bits per heavy atom. The average molecular weight is 461 g/mol. The smallest absolute Gasteiger partial charge is 0.232 e. The number of methoxy groups -OCH3 is 3. The number of halogens is 1. The van der Waals surface area contributed by atoms with Crippen molar-refractivity contribution >= 4 is 24.4 Å². The van der Waals surface area contributed by atoms with Crippen molar-refractivity contribution in [3.63, 3.8) is 0 Å². The number of carbonyl (C=O) groups excluding carboxylic acids is 1. The molecule has 1 N–H and O–H groups in total. The van der Waals surface area contributed by atoms with Crippen LogP contribution in [0.1, 0.15) is 35.6 Å². The fraction of sp³-hybridized carbons (Fsp3) is 0.400. The summed E-state index contributed by atoms with van der Waals surface area (Å²) in [6.07, 6.45) is 6.66. The fourth-order valence-corrected chi connectivity index (χ4v) is 4.01. The number of nitrogens with one attached hydrogen (secondary N) is 1. The lowest BCUT2D eigenvalue weighted by molar-refractivity contribution is -0.130. The van der Waals surface area contributed by atoms with Gasteiger partial charge in [0.2, 0.25) is 5.91 Å². The minimum absolute atomic E-state index is 0. The molecule has 0 saturated heterocycles. The van der Waals surface area contributed by atoms with E-state index in [9.17, 15) is 4.79 Å². The summed E-state index contributed by atoms with van der Waals surface area (Å²) in [7, 11) is 6.80. The quantitative estimate of drug-likeness (QED) is 0.606. The molecule has 0 aromatic heterocycles. The maximum Gasteiger partial charge on any atom is 0.232 e. The van der Waals surface area contributed by atoms with Crippen LogP contribution in [0, 0.1) is 0 Å². The van der Waals surface area contributed by atoms with Gasteiger partial charge in [0.05, 0.1) is 33.9 Å². The van der Waals surface area contributed by atoms with Crippen LogP contribution >= 0.6 is 12.4 Å². The Hall–Kier alpha value is -2.70. The summed E-state index contributed by atoms with van der Waals surface area (Å²) in [5, 5.41) is 3.30. The Morgan fingerprint density at radius 2 is 1.72 bits per heavy atom. The predicted octanol–water partition coefficient (Wildman–Crippen LogP) is 4.23. The zero-order valence-electron chi connectivity index (χ0n) is 19.4. The number of carbonyl (C=O) groups is 1. The van der Waals surface area contributed by atoms with E-state index in [0.717, 1.165) is 35.3 Å². The molecular formula is C25H33ClN2O4. The van der Waals surface area contributed by atoms with Gasteiger partial charge in [0.1, 0.15) is 5.75 Å². The molecule has 0 bridgehead atoms. The summed E-state index contributed by atoms with van der Waals surface area (Å²) in [5.74, 6) is 2.22. The number of benzene rings is 2. The highest BCUT2D eigenvalue weighted by Crippen LogP contribution is 2.33. The molecule has 1 aliphatic rings. The molecule has 2 aromatic carbocycles. The molecule has 1 amide bonds. The van der Waals surface area contributed by atoms with Gasteiger partial charge >= 0.3 is 0 Å². The van der Waals surface area contributed by atoms with Gasteiger partial charge < -0.3 is 19.1 Å². The minimum Gasteiger partial charge on any atom is -0.496 e. The van der Waals surface area contributed by atoms with Crippen molar-refractivity contribution in [1.82, 2.24) is 10.2 Å². The summed E-state index contributed by atoms with van der Waals surface area (Å²) >= 11 is 0. The molecule has 7 heteroatoms. The second-order valence-corrected chi connectivity index (χ2v) is 7.60. The average Bonchev–Trinajstić information content (AvgIpc) is 2.94. The van der Waals surface area contributed by atoms with Crippen LogP contribution in [0.3, 0.4) is 0 Å². The summed E-state index contributed by atoms with van der Waals surface area (Å²) in [6.45, 7) is 2.16. The van der Waals surface area contributed by atoms with Gasteiger partial charge in [-0.2, -0.15) is 0 Å². The zero-order valence-corrected chi connectivity index (χ0v) is 20.3. The van der Waals surface area contributed by atoms with Gasteiger partial charge in [-0.15, -0.1) is 12.4 Å². The molecule has 0 spiro atoms. The van der Waals surface area contributed by atoms with Crippen LogP contribution in [0.15, 0.2) is 36.5 Å². The van der Waals surface area contributed by atoms with E-state index in [1.165, 1.54) is 5.56 Å². The van der Waals surface area contributed by atoms with Crippen LogP contribution in [0.2, 0.25) is 0 Å². The van der Waals surface area contributed by atoms with Gasteiger partial charge in [0.15, 0.2) is 11.5 Å². The Bertz CT molecular complexity index is 961. The summed E-state index contributed by atoms with van der Waals surface area (Å²) in [5.41, 5.74) is 4.24. The van der Waals surface area contributed by atoms with Crippen molar-refractivity contribution in [2.75, 3.05) is 28.4 Å².